The average Bonchev–Trinajstić information content (AvgIpc) is 2.97. The van der Waals surface area contributed by atoms with Crippen molar-refractivity contribution in [1.82, 2.24) is 19.4 Å². The van der Waals surface area contributed by atoms with Crippen LogP contribution in [-0.4, -0.2) is 53.8 Å². The highest BCUT2D eigenvalue weighted by Crippen LogP contribution is 2.19. The maximum Gasteiger partial charge on any atom is 0.221 e. The van der Waals surface area contributed by atoms with Crippen molar-refractivity contribution in [3.63, 3.8) is 0 Å². The van der Waals surface area contributed by atoms with Crippen molar-refractivity contribution >= 4 is 15.9 Å². The van der Waals surface area contributed by atoms with Gasteiger partial charge < -0.3 is 5.32 Å². The Balaban J connectivity index is 1.66. The number of piperidine rings is 1. The summed E-state index contributed by atoms with van der Waals surface area (Å²) in [6.07, 6.45) is 6.36. The zero-order valence-corrected chi connectivity index (χ0v) is 15.4. The second-order valence-corrected chi connectivity index (χ2v) is 8.58. The van der Waals surface area contributed by atoms with Crippen LogP contribution in [0.2, 0.25) is 0 Å². The molecule has 1 aromatic rings. The molecular formula is C16H28N4O3S. The minimum atomic E-state index is -3.09. The normalized spacial score (nSPS) is 17.1. The highest BCUT2D eigenvalue weighted by atomic mass is 32.2. The van der Waals surface area contributed by atoms with Crippen LogP contribution in [-0.2, 0) is 21.4 Å². The molecule has 0 saturated carbocycles. The highest BCUT2D eigenvalue weighted by molar-refractivity contribution is 7.89. The van der Waals surface area contributed by atoms with Crippen LogP contribution >= 0.6 is 0 Å². The molecule has 0 radical (unpaired) electrons. The van der Waals surface area contributed by atoms with E-state index in [0.717, 1.165) is 18.4 Å². The van der Waals surface area contributed by atoms with Crippen LogP contribution in [0.25, 0.3) is 0 Å². The molecule has 0 unspecified atom stereocenters. The number of rotatable bonds is 8. The summed E-state index contributed by atoms with van der Waals surface area (Å²) >= 11 is 0. The lowest BCUT2D eigenvalue weighted by molar-refractivity contribution is -0.121. The summed E-state index contributed by atoms with van der Waals surface area (Å²) < 4.78 is 27.4. The van der Waals surface area contributed by atoms with Crippen LogP contribution < -0.4 is 5.32 Å². The predicted molar refractivity (Wildman–Crippen MR) is 93.0 cm³/mol. The van der Waals surface area contributed by atoms with E-state index in [1.165, 1.54) is 0 Å². The largest absolute Gasteiger partial charge is 0.356 e. The second-order valence-electron chi connectivity index (χ2n) is 6.49. The molecule has 2 rings (SSSR count). The Morgan fingerprint density at radius 1 is 1.38 bits per heavy atom. The SMILES string of the molecule is CCCS(=O)(=O)N1CCC(CNC(=O)CCn2cc(C)cn2)CC1. The second kappa shape index (κ2) is 8.62. The molecule has 0 aromatic carbocycles. The topological polar surface area (TPSA) is 84.3 Å². The van der Waals surface area contributed by atoms with E-state index in [4.69, 9.17) is 0 Å². The van der Waals surface area contributed by atoms with Gasteiger partial charge in [-0.2, -0.15) is 5.10 Å². The number of sulfonamides is 1. The Labute approximate surface area is 144 Å². The van der Waals surface area contributed by atoms with E-state index in [9.17, 15) is 13.2 Å². The molecule has 1 aliphatic heterocycles. The minimum absolute atomic E-state index is 0.0178. The van der Waals surface area contributed by atoms with Gasteiger partial charge in [-0.05, 0) is 37.7 Å². The van der Waals surface area contributed by atoms with Gasteiger partial charge in [0.05, 0.1) is 11.9 Å². The Bertz CT molecular complexity index is 634. The zero-order chi connectivity index (χ0) is 17.6. The average molecular weight is 356 g/mol. The minimum Gasteiger partial charge on any atom is -0.356 e. The predicted octanol–water partition coefficient (Wildman–Crippen LogP) is 1.15. The molecule has 136 valence electrons. The van der Waals surface area contributed by atoms with Gasteiger partial charge in [0.25, 0.3) is 0 Å². The van der Waals surface area contributed by atoms with Crippen LogP contribution in [0.1, 0.15) is 38.2 Å². The lowest BCUT2D eigenvalue weighted by Gasteiger charge is -2.31. The first kappa shape index (κ1) is 18.9. The maximum atomic E-state index is 12.0. The summed E-state index contributed by atoms with van der Waals surface area (Å²) in [5, 5.41) is 7.12. The van der Waals surface area contributed by atoms with Crippen molar-refractivity contribution in [2.75, 3.05) is 25.4 Å². The summed E-state index contributed by atoms with van der Waals surface area (Å²) in [6, 6.07) is 0. The fourth-order valence-electron chi connectivity index (χ4n) is 2.93. The summed E-state index contributed by atoms with van der Waals surface area (Å²) in [7, 11) is -3.09. The van der Waals surface area contributed by atoms with Crippen molar-refractivity contribution in [3.8, 4) is 0 Å². The van der Waals surface area contributed by atoms with E-state index in [1.54, 1.807) is 15.2 Å². The third-order valence-corrected chi connectivity index (χ3v) is 6.42. The first-order valence-electron chi connectivity index (χ1n) is 8.64. The molecule has 0 spiro atoms. The van der Waals surface area contributed by atoms with Crippen molar-refractivity contribution in [2.24, 2.45) is 5.92 Å². The van der Waals surface area contributed by atoms with Gasteiger partial charge in [0, 0.05) is 38.8 Å². The molecule has 1 saturated heterocycles. The number of aryl methyl sites for hydroxylation is 2. The molecule has 1 N–H and O–H groups in total. The first-order valence-corrected chi connectivity index (χ1v) is 10.2. The molecule has 1 aliphatic rings. The van der Waals surface area contributed by atoms with Crippen molar-refractivity contribution in [1.29, 1.82) is 0 Å². The van der Waals surface area contributed by atoms with Crippen LogP contribution in [0.15, 0.2) is 12.4 Å². The molecule has 7 nitrogen and oxygen atoms in total. The monoisotopic (exact) mass is 356 g/mol. The maximum absolute atomic E-state index is 12.0. The van der Waals surface area contributed by atoms with Gasteiger partial charge in [0.15, 0.2) is 0 Å². The standard InChI is InChI=1S/C16H28N4O3S/c1-3-10-24(22,23)20-8-4-15(5-9-20)12-17-16(21)6-7-19-13-14(2)11-18-19/h11,13,15H,3-10,12H2,1-2H3,(H,17,21). The molecule has 8 heteroatoms. The summed E-state index contributed by atoms with van der Waals surface area (Å²) in [5.74, 6) is 0.597. The van der Waals surface area contributed by atoms with E-state index in [1.807, 2.05) is 20.0 Å². The molecule has 0 atom stereocenters. The number of nitrogens with zero attached hydrogens (tertiary/aromatic N) is 3. The van der Waals surface area contributed by atoms with Crippen LogP contribution in [0.3, 0.4) is 0 Å². The molecule has 0 aliphatic carbocycles. The summed E-state index contributed by atoms with van der Waals surface area (Å²) in [6.45, 7) is 6.18. The van der Waals surface area contributed by atoms with Crippen LogP contribution in [0.4, 0.5) is 0 Å². The number of amides is 1. The van der Waals surface area contributed by atoms with Gasteiger partial charge in [0.1, 0.15) is 0 Å². The third kappa shape index (κ3) is 5.59. The first-order chi connectivity index (χ1) is 11.4. The third-order valence-electron chi connectivity index (χ3n) is 4.35. The Morgan fingerprint density at radius 2 is 2.08 bits per heavy atom. The van der Waals surface area contributed by atoms with Crippen molar-refractivity contribution < 1.29 is 13.2 Å². The summed E-state index contributed by atoms with van der Waals surface area (Å²) in [5.41, 5.74) is 1.08. The number of carbonyl (C=O) groups excluding carboxylic acids is 1. The molecule has 0 bridgehead atoms. The van der Waals surface area contributed by atoms with Gasteiger partial charge >= 0.3 is 0 Å². The zero-order valence-electron chi connectivity index (χ0n) is 14.6. The number of hydrogen-bond donors (Lipinski definition) is 1. The van der Waals surface area contributed by atoms with E-state index in [2.05, 4.69) is 10.4 Å². The van der Waals surface area contributed by atoms with Crippen molar-refractivity contribution in [2.45, 2.75) is 46.1 Å². The van der Waals surface area contributed by atoms with E-state index in [0.29, 0.717) is 44.9 Å². The molecule has 1 fully saturated rings. The molecule has 1 amide bonds. The quantitative estimate of drug-likeness (QED) is 0.757. The van der Waals surface area contributed by atoms with Gasteiger partial charge in [-0.3, -0.25) is 9.48 Å². The molecule has 2 heterocycles. The highest BCUT2D eigenvalue weighted by Gasteiger charge is 2.27. The van der Waals surface area contributed by atoms with Crippen LogP contribution in [0.5, 0.6) is 0 Å². The van der Waals surface area contributed by atoms with E-state index >= 15 is 0 Å². The molecular weight excluding hydrogens is 328 g/mol. The van der Waals surface area contributed by atoms with Crippen molar-refractivity contribution in [3.05, 3.63) is 18.0 Å². The number of hydrogen-bond acceptors (Lipinski definition) is 4. The van der Waals surface area contributed by atoms with Crippen LogP contribution in [0, 0.1) is 12.8 Å². The van der Waals surface area contributed by atoms with Gasteiger partial charge in [-0.25, -0.2) is 12.7 Å². The molecule has 24 heavy (non-hydrogen) atoms. The fraction of sp³-hybridized carbons (Fsp3) is 0.750. The van der Waals surface area contributed by atoms with Gasteiger partial charge in [-0.1, -0.05) is 6.92 Å². The van der Waals surface area contributed by atoms with Gasteiger partial charge in [0.2, 0.25) is 15.9 Å². The fourth-order valence-corrected chi connectivity index (χ4v) is 4.47. The van der Waals surface area contributed by atoms with E-state index in [-0.39, 0.29) is 11.7 Å². The molecule has 1 aromatic heterocycles. The smallest absolute Gasteiger partial charge is 0.221 e. The summed E-state index contributed by atoms with van der Waals surface area (Å²) in [4.78, 5) is 11.9. The lowest BCUT2D eigenvalue weighted by Crippen LogP contribution is -2.42. The Kier molecular flexibility index (Phi) is 6.79. The van der Waals surface area contributed by atoms with E-state index < -0.39 is 10.0 Å². The number of carbonyl (C=O) groups is 1. The van der Waals surface area contributed by atoms with Gasteiger partial charge in [-0.15, -0.1) is 0 Å². The Hall–Kier alpha value is -1.41. The lowest BCUT2D eigenvalue weighted by atomic mass is 9.98. The Morgan fingerprint density at radius 3 is 2.67 bits per heavy atom. The number of nitrogens with one attached hydrogen (secondary N) is 1. The number of aromatic nitrogens is 2.